The maximum atomic E-state index is 13.2. The van der Waals surface area contributed by atoms with Gasteiger partial charge in [-0.05, 0) is 36.2 Å². The number of benzene rings is 2. The van der Waals surface area contributed by atoms with E-state index in [2.05, 4.69) is 5.10 Å². The van der Waals surface area contributed by atoms with E-state index in [1.165, 1.54) is 16.4 Å². The van der Waals surface area contributed by atoms with Crippen LogP contribution in [0.15, 0.2) is 47.4 Å². The Balaban J connectivity index is 1.52. The largest absolute Gasteiger partial charge is 0.370 e. The Morgan fingerprint density at radius 1 is 1.19 bits per heavy atom. The summed E-state index contributed by atoms with van der Waals surface area (Å²) in [5.74, 6) is -0.400. The molecule has 0 bridgehead atoms. The van der Waals surface area contributed by atoms with Crippen molar-refractivity contribution in [1.82, 2.24) is 14.1 Å². The lowest BCUT2D eigenvalue weighted by Gasteiger charge is -2.27. The van der Waals surface area contributed by atoms with E-state index >= 15 is 0 Å². The van der Waals surface area contributed by atoms with Crippen LogP contribution in [-0.2, 0) is 48.0 Å². The Bertz CT molecular complexity index is 1230. The monoisotopic (exact) mass is 463 g/mol. The van der Waals surface area contributed by atoms with Gasteiger partial charge in [0.05, 0.1) is 23.8 Å². The molecule has 0 saturated heterocycles. The number of fused-ring (bicyclic) bond motifs is 1. The Labute approximate surface area is 186 Å². The highest BCUT2D eigenvalue weighted by molar-refractivity contribution is 7.89. The molecular weight excluding hydrogens is 441 g/mol. The SMILES string of the molecule is Cc1ccccc1S(=O)(=O)N1CCc2c(c(COCc3ccc(F)cc3Cl)nn2C)C1. The van der Waals surface area contributed by atoms with Gasteiger partial charge >= 0.3 is 0 Å². The van der Waals surface area contributed by atoms with Gasteiger partial charge in [-0.15, -0.1) is 0 Å². The fraction of sp³-hybridized carbons (Fsp3) is 0.318. The fourth-order valence-electron chi connectivity index (χ4n) is 3.85. The lowest BCUT2D eigenvalue weighted by atomic mass is 10.1. The number of rotatable bonds is 6. The molecule has 0 spiro atoms. The zero-order valence-electron chi connectivity index (χ0n) is 17.3. The first-order valence-electron chi connectivity index (χ1n) is 9.88. The van der Waals surface area contributed by atoms with E-state index in [9.17, 15) is 12.8 Å². The summed E-state index contributed by atoms with van der Waals surface area (Å²) in [6.07, 6.45) is 0.577. The quantitative estimate of drug-likeness (QED) is 0.554. The van der Waals surface area contributed by atoms with E-state index < -0.39 is 15.8 Å². The van der Waals surface area contributed by atoms with Gasteiger partial charge in [-0.25, -0.2) is 12.8 Å². The topological polar surface area (TPSA) is 64.4 Å². The molecule has 1 aliphatic heterocycles. The van der Waals surface area contributed by atoms with Crippen LogP contribution in [0.4, 0.5) is 4.39 Å². The molecule has 2 heterocycles. The van der Waals surface area contributed by atoms with Gasteiger partial charge in [0.1, 0.15) is 5.82 Å². The van der Waals surface area contributed by atoms with Gasteiger partial charge in [-0.1, -0.05) is 35.9 Å². The predicted molar refractivity (Wildman–Crippen MR) is 116 cm³/mol. The van der Waals surface area contributed by atoms with Crippen LogP contribution in [0.25, 0.3) is 0 Å². The predicted octanol–water partition coefficient (Wildman–Crippen LogP) is 3.98. The normalized spacial score (nSPS) is 14.6. The molecular formula is C22H23ClFN3O3S. The minimum Gasteiger partial charge on any atom is -0.370 e. The highest BCUT2D eigenvalue weighted by Crippen LogP contribution is 2.29. The highest BCUT2D eigenvalue weighted by atomic mass is 35.5. The minimum atomic E-state index is -3.61. The second kappa shape index (κ2) is 8.70. The second-order valence-corrected chi connectivity index (χ2v) is 9.89. The Morgan fingerprint density at radius 2 is 1.97 bits per heavy atom. The number of aromatic nitrogens is 2. The fourth-order valence-corrected chi connectivity index (χ4v) is 5.70. The number of nitrogens with zero attached hydrogens (tertiary/aromatic N) is 3. The Hall–Kier alpha value is -2.26. The summed E-state index contributed by atoms with van der Waals surface area (Å²) >= 11 is 6.06. The van der Waals surface area contributed by atoms with E-state index in [1.54, 1.807) is 35.9 Å². The molecule has 1 aliphatic rings. The third-order valence-electron chi connectivity index (χ3n) is 5.51. The molecule has 4 rings (SSSR count). The number of hydrogen-bond donors (Lipinski definition) is 0. The van der Waals surface area contributed by atoms with Crippen molar-refractivity contribution in [2.45, 2.75) is 38.0 Å². The van der Waals surface area contributed by atoms with Crippen molar-refractivity contribution in [2.24, 2.45) is 7.05 Å². The summed E-state index contributed by atoms with van der Waals surface area (Å²) in [7, 11) is -1.76. The number of aryl methyl sites for hydroxylation is 2. The van der Waals surface area contributed by atoms with Gasteiger partial charge in [0.25, 0.3) is 0 Å². The van der Waals surface area contributed by atoms with Gasteiger partial charge in [0, 0.05) is 42.8 Å². The van der Waals surface area contributed by atoms with Gasteiger partial charge in [0.15, 0.2) is 0 Å². The lowest BCUT2D eigenvalue weighted by molar-refractivity contribution is 0.103. The van der Waals surface area contributed by atoms with E-state index in [0.717, 1.165) is 16.8 Å². The summed E-state index contributed by atoms with van der Waals surface area (Å²) in [5.41, 5.74) is 3.97. The molecule has 0 fully saturated rings. The van der Waals surface area contributed by atoms with Crippen molar-refractivity contribution >= 4 is 21.6 Å². The van der Waals surface area contributed by atoms with Crippen LogP contribution in [0.3, 0.4) is 0 Å². The molecule has 0 N–H and O–H groups in total. The molecule has 0 atom stereocenters. The first-order valence-corrected chi connectivity index (χ1v) is 11.7. The third kappa shape index (κ3) is 4.39. The van der Waals surface area contributed by atoms with Crippen LogP contribution in [0, 0.1) is 12.7 Å². The van der Waals surface area contributed by atoms with Crippen molar-refractivity contribution in [3.8, 4) is 0 Å². The molecule has 31 heavy (non-hydrogen) atoms. The summed E-state index contributed by atoms with van der Waals surface area (Å²) < 4.78 is 48.7. The van der Waals surface area contributed by atoms with E-state index in [4.69, 9.17) is 16.3 Å². The summed E-state index contributed by atoms with van der Waals surface area (Å²) in [6, 6.07) is 11.2. The van der Waals surface area contributed by atoms with Gasteiger partial charge in [0.2, 0.25) is 10.0 Å². The van der Waals surface area contributed by atoms with E-state index in [-0.39, 0.29) is 19.8 Å². The number of halogens is 2. The molecule has 2 aromatic carbocycles. The third-order valence-corrected chi connectivity index (χ3v) is 7.87. The van der Waals surface area contributed by atoms with Crippen molar-refractivity contribution in [1.29, 1.82) is 0 Å². The van der Waals surface area contributed by atoms with Crippen molar-refractivity contribution in [2.75, 3.05) is 6.54 Å². The summed E-state index contributed by atoms with van der Waals surface area (Å²) in [5, 5.41) is 4.85. The molecule has 3 aromatic rings. The molecule has 0 radical (unpaired) electrons. The van der Waals surface area contributed by atoms with Crippen LogP contribution >= 0.6 is 11.6 Å². The number of ether oxygens (including phenoxy) is 1. The molecule has 0 amide bonds. The molecule has 9 heteroatoms. The van der Waals surface area contributed by atoms with Crippen LogP contribution in [0.5, 0.6) is 0 Å². The molecule has 0 unspecified atom stereocenters. The van der Waals surface area contributed by atoms with Crippen LogP contribution in [0.2, 0.25) is 5.02 Å². The zero-order chi connectivity index (χ0) is 22.2. The first-order chi connectivity index (χ1) is 14.8. The molecule has 0 saturated carbocycles. The minimum absolute atomic E-state index is 0.204. The van der Waals surface area contributed by atoms with Crippen molar-refractivity contribution in [3.63, 3.8) is 0 Å². The Morgan fingerprint density at radius 3 is 2.71 bits per heavy atom. The molecule has 164 valence electrons. The van der Waals surface area contributed by atoms with Crippen LogP contribution in [0.1, 0.15) is 28.1 Å². The highest BCUT2D eigenvalue weighted by Gasteiger charge is 2.32. The number of sulfonamides is 1. The summed E-state index contributed by atoms with van der Waals surface area (Å²) in [6.45, 7) is 2.85. The van der Waals surface area contributed by atoms with Crippen molar-refractivity contribution < 1.29 is 17.5 Å². The number of hydrogen-bond acceptors (Lipinski definition) is 4. The maximum absolute atomic E-state index is 13.2. The average molecular weight is 464 g/mol. The maximum Gasteiger partial charge on any atom is 0.243 e. The zero-order valence-corrected chi connectivity index (χ0v) is 18.9. The van der Waals surface area contributed by atoms with Crippen LogP contribution < -0.4 is 0 Å². The van der Waals surface area contributed by atoms with Crippen molar-refractivity contribution in [3.05, 3.63) is 81.4 Å². The van der Waals surface area contributed by atoms with Crippen LogP contribution in [-0.4, -0.2) is 29.0 Å². The smallest absolute Gasteiger partial charge is 0.243 e. The average Bonchev–Trinajstić information content (AvgIpc) is 3.05. The van der Waals surface area contributed by atoms with Gasteiger partial charge < -0.3 is 4.74 Å². The summed E-state index contributed by atoms with van der Waals surface area (Å²) in [4.78, 5) is 0.325. The standard InChI is InChI=1S/C22H23ClFN3O3S/c1-15-5-3-4-6-22(15)31(28,29)27-10-9-21-18(12-27)20(25-26(21)2)14-30-13-16-7-8-17(24)11-19(16)23/h3-8,11H,9-10,12-14H2,1-2H3. The van der Waals surface area contributed by atoms with Gasteiger partial charge in [-0.3, -0.25) is 4.68 Å². The second-order valence-electron chi connectivity index (χ2n) is 7.58. The first kappa shape index (κ1) is 22.0. The van der Waals surface area contributed by atoms with E-state index in [1.807, 2.05) is 13.1 Å². The molecule has 0 aliphatic carbocycles. The lowest BCUT2D eigenvalue weighted by Crippen LogP contribution is -2.36. The molecule has 1 aromatic heterocycles. The Kier molecular flexibility index (Phi) is 6.16. The van der Waals surface area contributed by atoms with Gasteiger partial charge in [-0.2, -0.15) is 9.40 Å². The molecule has 6 nitrogen and oxygen atoms in total. The van der Waals surface area contributed by atoms with E-state index in [0.29, 0.717) is 34.1 Å².